The number of aromatic nitrogens is 2. The largest absolute Gasteiger partial charge is 0.369 e. The van der Waals surface area contributed by atoms with Crippen LogP contribution in [-0.2, 0) is 4.79 Å². The van der Waals surface area contributed by atoms with Gasteiger partial charge in [-0.25, -0.2) is 4.98 Å². The van der Waals surface area contributed by atoms with Gasteiger partial charge < -0.3 is 25.3 Å². The minimum Gasteiger partial charge on any atom is -0.369 e. The maximum atomic E-state index is 12.8. The first-order valence-electron chi connectivity index (χ1n) is 11.0. The molecule has 8 nitrogen and oxygen atoms in total. The van der Waals surface area contributed by atoms with Gasteiger partial charge in [0.15, 0.2) is 5.82 Å². The number of anilines is 4. The number of piperazine rings is 1. The Labute approximate surface area is 197 Å². The van der Waals surface area contributed by atoms with Crippen LogP contribution in [0.5, 0.6) is 0 Å². The third-order valence-electron chi connectivity index (χ3n) is 5.82. The number of likely N-dealkylation sites (N-methyl/N-ethyl adjacent to an activating group) is 1. The van der Waals surface area contributed by atoms with Crippen molar-refractivity contribution in [2.24, 2.45) is 0 Å². The summed E-state index contributed by atoms with van der Waals surface area (Å²) in [5, 5.41) is 6.45. The minimum atomic E-state index is -0.00855. The normalized spacial score (nSPS) is 17.5. The first kappa shape index (κ1) is 22.5. The highest BCUT2D eigenvalue weighted by molar-refractivity contribution is 9.10. The van der Waals surface area contributed by atoms with E-state index in [0.717, 1.165) is 44.8 Å². The standard InChI is InChI=1S/C23H30BrN7O/c1-16(2)31-10-4-5-20(22(31)32)27-21-19(24)15-25-23(28-21)26-17-6-8-18(9-7-17)30-13-11-29(3)12-14-30/h5-9,15-16H,4,10-14H2,1-3H3,(H2,25,26,27,28). The van der Waals surface area contributed by atoms with Crippen molar-refractivity contribution in [3.8, 4) is 0 Å². The summed E-state index contributed by atoms with van der Waals surface area (Å²) in [7, 11) is 2.16. The molecule has 0 unspecified atom stereocenters. The number of hydrogen-bond donors (Lipinski definition) is 2. The Morgan fingerprint density at radius 3 is 2.44 bits per heavy atom. The van der Waals surface area contributed by atoms with Gasteiger partial charge in [0.1, 0.15) is 5.70 Å². The van der Waals surface area contributed by atoms with E-state index in [1.807, 2.05) is 37.0 Å². The van der Waals surface area contributed by atoms with Crippen LogP contribution in [-0.4, -0.2) is 71.5 Å². The van der Waals surface area contributed by atoms with E-state index in [0.29, 0.717) is 21.9 Å². The highest BCUT2D eigenvalue weighted by atomic mass is 79.9. The van der Waals surface area contributed by atoms with E-state index in [2.05, 4.69) is 65.5 Å². The van der Waals surface area contributed by atoms with Gasteiger partial charge >= 0.3 is 0 Å². The average molecular weight is 500 g/mol. The predicted molar refractivity (Wildman–Crippen MR) is 132 cm³/mol. The maximum absolute atomic E-state index is 12.8. The number of nitrogens with one attached hydrogen (secondary N) is 2. The number of carbonyl (C=O) groups is 1. The van der Waals surface area contributed by atoms with Crippen molar-refractivity contribution in [3.05, 3.63) is 46.7 Å². The lowest BCUT2D eigenvalue weighted by atomic mass is 10.1. The molecule has 0 atom stereocenters. The predicted octanol–water partition coefficient (Wildman–Crippen LogP) is 3.67. The quantitative estimate of drug-likeness (QED) is 0.627. The van der Waals surface area contributed by atoms with Crippen LogP contribution >= 0.6 is 15.9 Å². The van der Waals surface area contributed by atoms with Gasteiger partial charge in [0.2, 0.25) is 5.95 Å². The smallest absolute Gasteiger partial charge is 0.270 e. The summed E-state index contributed by atoms with van der Waals surface area (Å²) in [5.41, 5.74) is 2.68. The van der Waals surface area contributed by atoms with Crippen LogP contribution in [0.3, 0.4) is 0 Å². The molecule has 2 aromatic rings. The number of nitrogens with zero attached hydrogens (tertiary/aromatic N) is 5. The summed E-state index contributed by atoms with van der Waals surface area (Å²) in [5.74, 6) is 1.01. The highest BCUT2D eigenvalue weighted by Crippen LogP contribution is 2.26. The van der Waals surface area contributed by atoms with Gasteiger partial charge in [-0.1, -0.05) is 6.08 Å². The molecule has 1 saturated heterocycles. The lowest BCUT2D eigenvalue weighted by molar-refractivity contribution is -0.129. The lowest BCUT2D eigenvalue weighted by Crippen LogP contribution is -2.44. The van der Waals surface area contributed by atoms with Crippen LogP contribution in [0.15, 0.2) is 46.7 Å². The van der Waals surface area contributed by atoms with Gasteiger partial charge in [-0.2, -0.15) is 4.98 Å². The fourth-order valence-electron chi connectivity index (χ4n) is 3.88. The van der Waals surface area contributed by atoms with Gasteiger partial charge in [0.05, 0.1) is 4.47 Å². The van der Waals surface area contributed by atoms with E-state index < -0.39 is 0 Å². The van der Waals surface area contributed by atoms with Gasteiger partial charge in [-0.3, -0.25) is 4.79 Å². The molecule has 0 spiro atoms. The van der Waals surface area contributed by atoms with Crippen LogP contribution in [0.25, 0.3) is 0 Å². The van der Waals surface area contributed by atoms with Crippen LogP contribution in [0.2, 0.25) is 0 Å². The van der Waals surface area contributed by atoms with Gasteiger partial charge in [-0.05, 0) is 67.5 Å². The molecule has 32 heavy (non-hydrogen) atoms. The van der Waals surface area contributed by atoms with E-state index in [9.17, 15) is 4.79 Å². The first-order valence-corrected chi connectivity index (χ1v) is 11.8. The third-order valence-corrected chi connectivity index (χ3v) is 6.40. The number of amides is 1. The molecule has 0 bridgehead atoms. The van der Waals surface area contributed by atoms with Gasteiger partial charge in [0, 0.05) is 56.3 Å². The van der Waals surface area contributed by atoms with E-state index >= 15 is 0 Å². The van der Waals surface area contributed by atoms with Crippen LogP contribution < -0.4 is 15.5 Å². The summed E-state index contributed by atoms with van der Waals surface area (Å²) < 4.78 is 0.698. The summed E-state index contributed by atoms with van der Waals surface area (Å²) in [6.07, 6.45) is 4.43. The molecule has 0 saturated carbocycles. The number of halogens is 1. The molecule has 0 aliphatic carbocycles. The van der Waals surface area contributed by atoms with E-state index in [-0.39, 0.29) is 11.9 Å². The monoisotopic (exact) mass is 499 g/mol. The van der Waals surface area contributed by atoms with Crippen LogP contribution in [0.4, 0.5) is 23.1 Å². The SMILES string of the molecule is CC(C)N1CCC=C(Nc2nc(Nc3ccc(N4CCN(C)CC4)cc3)ncc2Br)C1=O. The molecule has 2 aliphatic rings. The third kappa shape index (κ3) is 5.21. The van der Waals surface area contributed by atoms with Gasteiger partial charge in [0.25, 0.3) is 5.91 Å². The summed E-state index contributed by atoms with van der Waals surface area (Å²) in [4.78, 5) is 28.3. The van der Waals surface area contributed by atoms with Crippen molar-refractivity contribution >= 4 is 45.0 Å². The Kier molecular flexibility index (Phi) is 6.95. The van der Waals surface area contributed by atoms with Gasteiger partial charge in [-0.15, -0.1) is 0 Å². The zero-order valence-electron chi connectivity index (χ0n) is 18.8. The van der Waals surface area contributed by atoms with Crippen molar-refractivity contribution in [2.75, 3.05) is 55.3 Å². The molecular weight excluding hydrogens is 470 g/mol. The Balaban J connectivity index is 1.44. The second-order valence-corrected chi connectivity index (χ2v) is 9.33. The van der Waals surface area contributed by atoms with Crippen LogP contribution in [0, 0.1) is 0 Å². The molecular formula is C23H30BrN7O. The maximum Gasteiger partial charge on any atom is 0.270 e. The molecule has 170 valence electrons. The van der Waals surface area contributed by atoms with E-state index in [4.69, 9.17) is 0 Å². The van der Waals surface area contributed by atoms with Crippen molar-refractivity contribution in [1.82, 2.24) is 19.8 Å². The molecule has 1 aromatic carbocycles. The van der Waals surface area contributed by atoms with Crippen LogP contribution in [0.1, 0.15) is 20.3 Å². The molecule has 9 heteroatoms. The molecule has 3 heterocycles. The second-order valence-electron chi connectivity index (χ2n) is 8.48. The van der Waals surface area contributed by atoms with Crippen molar-refractivity contribution in [1.29, 1.82) is 0 Å². The van der Waals surface area contributed by atoms with E-state index in [1.54, 1.807) is 6.20 Å². The number of benzene rings is 1. The molecule has 1 fully saturated rings. The van der Waals surface area contributed by atoms with Crippen molar-refractivity contribution in [2.45, 2.75) is 26.3 Å². The highest BCUT2D eigenvalue weighted by Gasteiger charge is 2.25. The molecule has 0 radical (unpaired) electrons. The number of hydrogen-bond acceptors (Lipinski definition) is 7. The Morgan fingerprint density at radius 2 is 1.75 bits per heavy atom. The molecule has 1 amide bonds. The van der Waals surface area contributed by atoms with E-state index in [1.165, 1.54) is 5.69 Å². The zero-order valence-corrected chi connectivity index (χ0v) is 20.4. The first-order chi connectivity index (χ1) is 15.4. The molecule has 1 aromatic heterocycles. The van der Waals surface area contributed by atoms with Crippen molar-refractivity contribution < 1.29 is 4.79 Å². The average Bonchev–Trinajstić information content (AvgIpc) is 2.78. The topological polar surface area (TPSA) is 76.6 Å². The number of carbonyl (C=O) groups excluding carboxylic acids is 1. The Morgan fingerprint density at radius 1 is 1.03 bits per heavy atom. The number of rotatable bonds is 6. The Hall–Kier alpha value is -2.65. The minimum absolute atomic E-state index is 0.00855. The molecule has 4 rings (SSSR count). The summed E-state index contributed by atoms with van der Waals surface area (Å²) in [6, 6.07) is 8.49. The Bertz CT molecular complexity index is 984. The molecule has 2 aliphatic heterocycles. The zero-order chi connectivity index (χ0) is 22.7. The second kappa shape index (κ2) is 9.87. The summed E-state index contributed by atoms with van der Waals surface area (Å²) >= 11 is 3.49. The fraction of sp³-hybridized carbons (Fsp3) is 0.435. The summed E-state index contributed by atoms with van der Waals surface area (Å²) in [6.45, 7) is 9.03. The lowest BCUT2D eigenvalue weighted by Gasteiger charge is -2.34. The fourth-order valence-corrected chi connectivity index (χ4v) is 4.17. The molecule has 2 N–H and O–H groups in total. The van der Waals surface area contributed by atoms with Crippen molar-refractivity contribution in [3.63, 3.8) is 0 Å².